The van der Waals surface area contributed by atoms with E-state index in [4.69, 9.17) is 14.2 Å². The Hall–Kier alpha value is -4.94. The van der Waals surface area contributed by atoms with Crippen molar-refractivity contribution in [2.45, 2.75) is 20.0 Å². The van der Waals surface area contributed by atoms with Crippen LogP contribution in [0, 0.1) is 28.9 Å². The Balaban J connectivity index is 1.28. The Morgan fingerprint density at radius 2 is 1.48 bits per heavy atom. The van der Waals surface area contributed by atoms with Gasteiger partial charge in [0.1, 0.15) is 11.6 Å². The lowest BCUT2D eigenvalue weighted by atomic mass is 10.1. The summed E-state index contributed by atoms with van der Waals surface area (Å²) in [6.45, 7) is 2.01. The minimum Gasteiger partial charge on any atom is -0.493 e. The second-order valence-corrected chi connectivity index (χ2v) is 10.7. The standard InChI is InChI=1S/C31H26F5N3O5/c1-30(2)26(28(40)38-17-6-4-16(32)5-7-17)27(30)29(41)39-18-8-9-23(20(33)12-18)44-22-10-11-37-21-14-25(43-15-31(34,35)36)24(42-3)13-19(21)22/h4-14,26-27H,15H2,1-3H3,(H,38,40)(H,39,41)/t26-,27+/m0/s1. The molecule has 230 valence electrons. The fraction of sp³-hybridized carbons (Fsp3) is 0.258. The summed E-state index contributed by atoms with van der Waals surface area (Å²) < 4.78 is 82.0. The highest BCUT2D eigenvalue weighted by atomic mass is 19.4. The number of carbonyl (C=O) groups excluding carboxylic acids is 2. The fourth-order valence-corrected chi connectivity index (χ4v) is 5.02. The van der Waals surface area contributed by atoms with Gasteiger partial charge >= 0.3 is 6.18 Å². The molecule has 0 bridgehead atoms. The van der Waals surface area contributed by atoms with Crippen LogP contribution in [0.15, 0.2) is 66.9 Å². The van der Waals surface area contributed by atoms with Crippen LogP contribution in [0.3, 0.4) is 0 Å². The van der Waals surface area contributed by atoms with Crippen molar-refractivity contribution >= 4 is 34.1 Å². The van der Waals surface area contributed by atoms with E-state index in [-0.39, 0.29) is 34.2 Å². The van der Waals surface area contributed by atoms with E-state index in [0.29, 0.717) is 11.1 Å². The smallest absolute Gasteiger partial charge is 0.422 e. The summed E-state index contributed by atoms with van der Waals surface area (Å²) in [5, 5.41) is 5.64. The molecule has 2 amide bonds. The molecular weight excluding hydrogens is 589 g/mol. The number of pyridine rings is 1. The van der Waals surface area contributed by atoms with E-state index in [1.165, 1.54) is 67.9 Å². The third-order valence-corrected chi connectivity index (χ3v) is 7.30. The van der Waals surface area contributed by atoms with Gasteiger partial charge in [0.25, 0.3) is 0 Å². The van der Waals surface area contributed by atoms with Crippen LogP contribution in [0.5, 0.6) is 23.0 Å². The van der Waals surface area contributed by atoms with Gasteiger partial charge < -0.3 is 24.8 Å². The van der Waals surface area contributed by atoms with E-state index in [1.54, 1.807) is 13.8 Å². The number of carbonyl (C=O) groups is 2. The molecule has 4 aromatic rings. The zero-order chi connectivity index (χ0) is 31.8. The van der Waals surface area contributed by atoms with Crippen molar-refractivity contribution < 1.29 is 45.8 Å². The SMILES string of the molecule is COc1cc2c(Oc3ccc(NC(=O)[C@H]4[C@@H](C(=O)Nc5ccc(F)cc5)C4(C)C)cc3F)ccnc2cc1OCC(F)(F)F. The molecule has 0 radical (unpaired) electrons. The molecule has 2 atom stereocenters. The van der Waals surface area contributed by atoms with Crippen molar-refractivity contribution in [3.63, 3.8) is 0 Å². The third-order valence-electron chi connectivity index (χ3n) is 7.30. The van der Waals surface area contributed by atoms with Crippen molar-refractivity contribution in [1.82, 2.24) is 4.98 Å². The summed E-state index contributed by atoms with van der Waals surface area (Å²) in [5.74, 6) is -3.72. The molecule has 1 aliphatic rings. The third kappa shape index (κ3) is 6.51. The summed E-state index contributed by atoms with van der Waals surface area (Å²) in [4.78, 5) is 30.0. The van der Waals surface area contributed by atoms with E-state index in [1.807, 2.05) is 0 Å². The molecule has 0 saturated heterocycles. The van der Waals surface area contributed by atoms with Gasteiger partial charge in [-0.1, -0.05) is 13.8 Å². The van der Waals surface area contributed by atoms with Crippen LogP contribution in [0.2, 0.25) is 0 Å². The maximum absolute atomic E-state index is 15.1. The number of alkyl halides is 3. The molecule has 3 aromatic carbocycles. The van der Waals surface area contributed by atoms with Crippen molar-refractivity contribution in [2.75, 3.05) is 24.4 Å². The average molecular weight is 616 g/mol. The van der Waals surface area contributed by atoms with Gasteiger partial charge in [-0.05, 0) is 53.9 Å². The number of hydrogen-bond acceptors (Lipinski definition) is 6. The van der Waals surface area contributed by atoms with Gasteiger partial charge in [0, 0.05) is 35.1 Å². The van der Waals surface area contributed by atoms with E-state index in [0.717, 1.165) is 6.07 Å². The Kier molecular flexibility index (Phi) is 8.06. The van der Waals surface area contributed by atoms with Gasteiger partial charge in [0.2, 0.25) is 11.8 Å². The Bertz CT molecular complexity index is 1730. The number of hydrogen-bond donors (Lipinski definition) is 2. The molecule has 44 heavy (non-hydrogen) atoms. The molecule has 5 rings (SSSR count). The molecule has 1 aliphatic carbocycles. The van der Waals surface area contributed by atoms with Gasteiger partial charge in [-0.3, -0.25) is 14.6 Å². The summed E-state index contributed by atoms with van der Waals surface area (Å²) in [6.07, 6.45) is -3.22. The Labute approximate surface area is 248 Å². The maximum atomic E-state index is 15.1. The Morgan fingerprint density at radius 1 is 0.841 bits per heavy atom. The number of nitrogens with one attached hydrogen (secondary N) is 2. The number of amides is 2. The number of fused-ring (bicyclic) bond motifs is 1. The van der Waals surface area contributed by atoms with E-state index in [2.05, 4.69) is 15.6 Å². The van der Waals surface area contributed by atoms with Crippen molar-refractivity contribution in [1.29, 1.82) is 0 Å². The molecule has 8 nitrogen and oxygen atoms in total. The second-order valence-electron chi connectivity index (χ2n) is 10.7. The zero-order valence-corrected chi connectivity index (χ0v) is 23.6. The first-order chi connectivity index (χ1) is 20.8. The number of nitrogens with zero attached hydrogens (tertiary/aromatic N) is 1. The molecule has 1 saturated carbocycles. The molecule has 0 spiro atoms. The number of halogens is 5. The lowest BCUT2D eigenvalue weighted by Gasteiger charge is -2.15. The average Bonchev–Trinajstić information content (AvgIpc) is 3.55. The summed E-state index contributed by atoms with van der Waals surface area (Å²) >= 11 is 0. The quantitative estimate of drug-likeness (QED) is 0.195. The first-order valence-corrected chi connectivity index (χ1v) is 13.3. The lowest BCUT2D eigenvalue weighted by molar-refractivity contribution is -0.153. The van der Waals surface area contributed by atoms with Crippen molar-refractivity contribution in [3.05, 3.63) is 78.5 Å². The van der Waals surface area contributed by atoms with Crippen LogP contribution in [0.1, 0.15) is 13.8 Å². The maximum Gasteiger partial charge on any atom is 0.422 e. The number of benzene rings is 3. The van der Waals surface area contributed by atoms with Gasteiger partial charge in [0.15, 0.2) is 29.7 Å². The summed E-state index contributed by atoms with van der Waals surface area (Å²) in [5.41, 5.74) is 0.0750. The minimum atomic E-state index is -4.56. The van der Waals surface area contributed by atoms with Gasteiger partial charge in [-0.2, -0.15) is 13.2 Å². The molecule has 2 N–H and O–H groups in total. The predicted molar refractivity (Wildman–Crippen MR) is 151 cm³/mol. The summed E-state index contributed by atoms with van der Waals surface area (Å²) in [6, 6.07) is 13.1. The van der Waals surface area contributed by atoms with Crippen molar-refractivity contribution in [2.24, 2.45) is 17.3 Å². The normalized spacial score (nSPS) is 17.1. The molecule has 13 heteroatoms. The molecule has 0 aliphatic heterocycles. The largest absolute Gasteiger partial charge is 0.493 e. The van der Waals surface area contributed by atoms with Gasteiger partial charge in [-0.15, -0.1) is 0 Å². The van der Waals surface area contributed by atoms with Crippen LogP contribution in [0.4, 0.5) is 33.3 Å². The number of methoxy groups -OCH3 is 1. The van der Waals surface area contributed by atoms with Crippen LogP contribution in [0.25, 0.3) is 10.9 Å². The molecular formula is C31H26F5N3O5. The van der Waals surface area contributed by atoms with Gasteiger partial charge in [-0.25, -0.2) is 8.78 Å². The zero-order valence-electron chi connectivity index (χ0n) is 23.6. The molecule has 0 unspecified atom stereocenters. The van der Waals surface area contributed by atoms with Crippen LogP contribution in [-0.4, -0.2) is 36.7 Å². The highest BCUT2D eigenvalue weighted by molar-refractivity contribution is 6.04. The van der Waals surface area contributed by atoms with Crippen LogP contribution >= 0.6 is 0 Å². The Morgan fingerprint density at radius 3 is 2.09 bits per heavy atom. The molecule has 1 heterocycles. The van der Waals surface area contributed by atoms with Gasteiger partial charge in [0.05, 0.1) is 24.5 Å². The predicted octanol–water partition coefficient (Wildman–Crippen LogP) is 7.10. The number of ether oxygens (including phenoxy) is 3. The highest BCUT2D eigenvalue weighted by Gasteiger charge is 2.65. The fourth-order valence-electron chi connectivity index (χ4n) is 5.02. The number of aromatic nitrogens is 1. The first-order valence-electron chi connectivity index (χ1n) is 13.3. The number of rotatable bonds is 9. The van der Waals surface area contributed by atoms with Crippen molar-refractivity contribution in [3.8, 4) is 23.0 Å². The second kappa shape index (κ2) is 11.6. The van der Waals surface area contributed by atoms with E-state index in [9.17, 15) is 27.2 Å². The van der Waals surface area contributed by atoms with E-state index >= 15 is 4.39 Å². The van der Waals surface area contributed by atoms with E-state index < -0.39 is 53.5 Å². The molecule has 1 aromatic heterocycles. The number of anilines is 2. The highest BCUT2D eigenvalue weighted by Crippen LogP contribution is 2.59. The first kappa shape index (κ1) is 30.5. The molecule has 1 fully saturated rings. The van der Waals surface area contributed by atoms with Crippen LogP contribution in [-0.2, 0) is 9.59 Å². The topological polar surface area (TPSA) is 98.8 Å². The lowest BCUT2D eigenvalue weighted by Crippen LogP contribution is -2.20. The monoisotopic (exact) mass is 615 g/mol. The van der Waals surface area contributed by atoms with Crippen LogP contribution < -0.4 is 24.8 Å². The summed E-state index contributed by atoms with van der Waals surface area (Å²) in [7, 11) is 1.26. The minimum absolute atomic E-state index is 0.00853.